The molecule has 2 atom stereocenters. The van der Waals surface area contributed by atoms with E-state index >= 15 is 0 Å². The van der Waals surface area contributed by atoms with E-state index in [-0.39, 0.29) is 24.3 Å². The summed E-state index contributed by atoms with van der Waals surface area (Å²) in [7, 11) is 0. The van der Waals surface area contributed by atoms with E-state index < -0.39 is 5.25 Å². The topological polar surface area (TPSA) is 70.6 Å². The predicted octanol–water partition coefficient (Wildman–Crippen LogP) is 2.71. The van der Waals surface area contributed by atoms with Crippen LogP contribution in [0.2, 0.25) is 0 Å². The Labute approximate surface area is 135 Å². The second kappa shape index (κ2) is 7.45. The third-order valence-electron chi connectivity index (χ3n) is 3.41. The molecule has 0 aliphatic carbocycles. The molecule has 2 N–H and O–H groups in total. The zero-order chi connectivity index (χ0) is 16.1. The normalized spacial score (nSPS) is 20.8. The molecule has 0 unspecified atom stereocenters. The number of nitrogens with one attached hydrogen (secondary N) is 2. The minimum absolute atomic E-state index is 0.143. The Balaban J connectivity index is 1.90. The van der Waals surface area contributed by atoms with Gasteiger partial charge in [-0.25, -0.2) is 0 Å². The molecule has 0 saturated carbocycles. The zero-order valence-electron chi connectivity index (χ0n) is 13.1. The van der Waals surface area contributed by atoms with E-state index in [4.69, 9.17) is 0 Å². The summed E-state index contributed by atoms with van der Waals surface area (Å²) in [4.78, 5) is 28.3. The second-order valence-corrected chi connectivity index (χ2v) is 6.60. The molecular weight excluding hydrogens is 298 g/mol. The summed E-state index contributed by atoms with van der Waals surface area (Å²) in [5.41, 5.74) is 1.88. The smallest absolute Gasteiger partial charge is 0.240 e. The van der Waals surface area contributed by atoms with Gasteiger partial charge in [0, 0.05) is 18.2 Å². The Morgan fingerprint density at radius 3 is 2.73 bits per heavy atom. The van der Waals surface area contributed by atoms with Crippen molar-refractivity contribution in [2.75, 3.05) is 5.32 Å². The van der Waals surface area contributed by atoms with Crippen LogP contribution in [-0.2, 0) is 9.59 Å². The highest BCUT2D eigenvalue weighted by atomic mass is 32.2. The standard InChI is InChI=1S/C16H21N3O2S/c1-4-11(3)17-16-19-15(21)13(22-16)9-14(20)18-12-7-5-10(2)6-8-12/h5-8,11,13H,4,9H2,1-3H3,(H,18,20)(H,17,19,21)/t11-,13+/m1/s1. The zero-order valence-corrected chi connectivity index (χ0v) is 13.9. The summed E-state index contributed by atoms with van der Waals surface area (Å²) in [5, 5.41) is 5.76. The van der Waals surface area contributed by atoms with Gasteiger partial charge in [0.1, 0.15) is 5.25 Å². The van der Waals surface area contributed by atoms with Gasteiger partial charge < -0.3 is 10.6 Å². The Morgan fingerprint density at radius 2 is 2.09 bits per heavy atom. The molecule has 22 heavy (non-hydrogen) atoms. The number of thioether (sulfide) groups is 1. The van der Waals surface area contributed by atoms with Crippen LogP contribution in [0.3, 0.4) is 0 Å². The van der Waals surface area contributed by atoms with Gasteiger partial charge in [0.15, 0.2) is 5.17 Å². The molecule has 2 rings (SSSR count). The lowest BCUT2D eigenvalue weighted by molar-refractivity contribution is -0.122. The lowest BCUT2D eigenvalue weighted by Gasteiger charge is -2.07. The molecule has 6 heteroatoms. The molecule has 1 saturated heterocycles. The van der Waals surface area contributed by atoms with Crippen molar-refractivity contribution < 1.29 is 9.59 Å². The fraction of sp³-hybridized carbons (Fsp3) is 0.438. The van der Waals surface area contributed by atoms with Crippen molar-refractivity contribution in [1.82, 2.24) is 5.32 Å². The molecule has 0 bridgehead atoms. The van der Waals surface area contributed by atoms with Crippen LogP contribution in [0.15, 0.2) is 29.3 Å². The summed E-state index contributed by atoms with van der Waals surface area (Å²) < 4.78 is 0. The number of anilines is 1. The first-order valence-electron chi connectivity index (χ1n) is 7.39. The number of nitrogens with zero attached hydrogens (tertiary/aromatic N) is 1. The van der Waals surface area contributed by atoms with E-state index in [2.05, 4.69) is 15.6 Å². The Bertz CT molecular complexity index is 584. The van der Waals surface area contributed by atoms with Crippen molar-refractivity contribution in [3.05, 3.63) is 29.8 Å². The lowest BCUT2D eigenvalue weighted by atomic mass is 10.2. The molecule has 0 radical (unpaired) electrons. The molecule has 1 aromatic carbocycles. The second-order valence-electron chi connectivity index (χ2n) is 5.41. The van der Waals surface area contributed by atoms with Crippen molar-refractivity contribution in [3.63, 3.8) is 0 Å². The van der Waals surface area contributed by atoms with E-state index in [9.17, 15) is 9.59 Å². The van der Waals surface area contributed by atoms with Gasteiger partial charge in [0.25, 0.3) is 0 Å². The van der Waals surface area contributed by atoms with E-state index in [1.165, 1.54) is 11.8 Å². The summed E-state index contributed by atoms with van der Waals surface area (Å²) in [6.07, 6.45) is 1.06. The SMILES string of the molecule is CC[C@@H](C)N=C1NC(=O)[C@H](CC(=O)Nc2ccc(C)cc2)S1. The highest BCUT2D eigenvalue weighted by Gasteiger charge is 2.32. The largest absolute Gasteiger partial charge is 0.326 e. The first kappa shape index (κ1) is 16.5. The minimum atomic E-state index is -0.409. The van der Waals surface area contributed by atoms with Gasteiger partial charge in [0.05, 0.1) is 0 Å². The monoisotopic (exact) mass is 319 g/mol. The van der Waals surface area contributed by atoms with E-state index in [1.54, 1.807) is 0 Å². The minimum Gasteiger partial charge on any atom is -0.326 e. The molecule has 2 amide bonds. The number of hydrogen-bond acceptors (Lipinski definition) is 4. The van der Waals surface area contributed by atoms with Gasteiger partial charge in [-0.1, -0.05) is 36.4 Å². The van der Waals surface area contributed by atoms with E-state index in [1.807, 2.05) is 45.0 Å². The van der Waals surface area contributed by atoms with Gasteiger partial charge in [-0.05, 0) is 32.4 Å². The van der Waals surface area contributed by atoms with Crippen LogP contribution in [0.5, 0.6) is 0 Å². The van der Waals surface area contributed by atoms with Gasteiger partial charge in [-0.3, -0.25) is 14.6 Å². The number of carbonyl (C=O) groups is 2. The Morgan fingerprint density at radius 1 is 1.41 bits per heavy atom. The van der Waals surface area contributed by atoms with Crippen molar-refractivity contribution in [2.45, 2.75) is 44.9 Å². The highest BCUT2D eigenvalue weighted by molar-refractivity contribution is 8.15. The number of aliphatic imine (C=N–C) groups is 1. The van der Waals surface area contributed by atoms with Crippen molar-refractivity contribution in [3.8, 4) is 0 Å². The summed E-state index contributed by atoms with van der Waals surface area (Å²) in [6, 6.07) is 7.74. The van der Waals surface area contributed by atoms with Gasteiger partial charge in [-0.2, -0.15) is 0 Å². The van der Waals surface area contributed by atoms with E-state index in [0.29, 0.717) is 5.17 Å². The molecule has 5 nitrogen and oxygen atoms in total. The van der Waals surface area contributed by atoms with Crippen molar-refractivity contribution in [2.24, 2.45) is 4.99 Å². The first-order chi connectivity index (χ1) is 10.5. The third kappa shape index (κ3) is 4.59. The molecule has 1 fully saturated rings. The summed E-state index contributed by atoms with van der Waals surface area (Å²) >= 11 is 1.33. The number of amidine groups is 1. The molecular formula is C16H21N3O2S. The molecule has 1 aromatic rings. The number of carbonyl (C=O) groups excluding carboxylic acids is 2. The fourth-order valence-electron chi connectivity index (χ4n) is 1.91. The quantitative estimate of drug-likeness (QED) is 0.876. The number of hydrogen-bond donors (Lipinski definition) is 2. The maximum Gasteiger partial charge on any atom is 0.240 e. The van der Waals surface area contributed by atoms with Crippen LogP contribution in [0.4, 0.5) is 5.69 Å². The van der Waals surface area contributed by atoms with Gasteiger partial charge >= 0.3 is 0 Å². The lowest BCUT2D eigenvalue weighted by Crippen LogP contribution is -2.28. The van der Waals surface area contributed by atoms with Crippen molar-refractivity contribution in [1.29, 1.82) is 0 Å². The van der Waals surface area contributed by atoms with Crippen LogP contribution in [0.25, 0.3) is 0 Å². The van der Waals surface area contributed by atoms with Crippen LogP contribution in [-0.4, -0.2) is 28.3 Å². The molecule has 118 valence electrons. The average molecular weight is 319 g/mol. The average Bonchev–Trinajstić information content (AvgIpc) is 2.81. The number of benzene rings is 1. The van der Waals surface area contributed by atoms with Crippen LogP contribution in [0, 0.1) is 6.92 Å². The number of amides is 2. The maximum atomic E-state index is 12.0. The molecule has 1 heterocycles. The molecule has 0 spiro atoms. The predicted molar refractivity (Wildman–Crippen MR) is 91.1 cm³/mol. The number of aryl methyl sites for hydroxylation is 1. The first-order valence-corrected chi connectivity index (χ1v) is 8.27. The Hall–Kier alpha value is -1.82. The van der Waals surface area contributed by atoms with Crippen LogP contribution >= 0.6 is 11.8 Å². The summed E-state index contributed by atoms with van der Waals surface area (Å²) in [6.45, 7) is 6.03. The summed E-state index contributed by atoms with van der Waals surface area (Å²) in [5.74, 6) is -0.313. The fourth-order valence-corrected chi connectivity index (χ4v) is 2.98. The third-order valence-corrected chi connectivity index (χ3v) is 4.51. The van der Waals surface area contributed by atoms with Crippen LogP contribution in [0.1, 0.15) is 32.3 Å². The van der Waals surface area contributed by atoms with Gasteiger partial charge in [0.2, 0.25) is 11.8 Å². The molecule has 1 aliphatic rings. The van der Waals surface area contributed by atoms with Gasteiger partial charge in [-0.15, -0.1) is 0 Å². The highest BCUT2D eigenvalue weighted by Crippen LogP contribution is 2.23. The van der Waals surface area contributed by atoms with Crippen LogP contribution < -0.4 is 10.6 Å². The van der Waals surface area contributed by atoms with E-state index in [0.717, 1.165) is 17.7 Å². The number of rotatable bonds is 5. The maximum absolute atomic E-state index is 12.0. The van der Waals surface area contributed by atoms with Crippen molar-refractivity contribution >= 4 is 34.4 Å². The Kier molecular flexibility index (Phi) is 5.60. The molecule has 1 aliphatic heterocycles. The molecule has 0 aromatic heterocycles.